The lowest BCUT2D eigenvalue weighted by Crippen LogP contribution is -1.99. The van der Waals surface area contributed by atoms with Gasteiger partial charge in [0.2, 0.25) is 0 Å². The normalized spacial score (nSPS) is 10.5. The number of halogens is 1. The van der Waals surface area contributed by atoms with Crippen LogP contribution >= 0.6 is 11.6 Å². The molecule has 0 saturated heterocycles. The molecule has 0 radical (unpaired) electrons. The maximum atomic E-state index is 5.97. The molecule has 0 atom stereocenters. The number of hydrogen-bond donors (Lipinski definition) is 0. The number of benzene rings is 1. The number of hydrogen-bond acceptors (Lipinski definition) is 0. The predicted octanol–water partition coefficient (Wildman–Crippen LogP) is 2.72. The quantitative estimate of drug-likeness (QED) is 0.625. The lowest BCUT2D eigenvalue weighted by atomic mass is 10.2. The van der Waals surface area contributed by atoms with E-state index in [0.717, 1.165) is 10.8 Å². The van der Waals surface area contributed by atoms with Crippen molar-refractivity contribution < 1.29 is 0 Å². The van der Waals surface area contributed by atoms with E-state index in [1.165, 1.54) is 5.56 Å². The second-order valence-corrected chi connectivity index (χ2v) is 5.39. The van der Waals surface area contributed by atoms with Gasteiger partial charge in [-0.05, 0) is 17.0 Å². The van der Waals surface area contributed by atoms with E-state index in [0.29, 0.717) is 10.9 Å². The van der Waals surface area contributed by atoms with Gasteiger partial charge in [0.15, 0.2) is 0 Å². The first-order chi connectivity index (χ1) is 5.20. The minimum atomic E-state index is 0.439. The monoisotopic (exact) mass is 187 g/mol. The molecule has 0 saturated carbocycles. The van der Waals surface area contributed by atoms with Crippen LogP contribution in [-0.2, 0) is 16.6 Å². The van der Waals surface area contributed by atoms with Crippen LogP contribution in [0, 0.1) is 0 Å². The highest BCUT2D eigenvalue weighted by Gasteiger charge is 2.06. The molecule has 0 unspecified atom stereocenters. The molecule has 0 fully saturated rings. The highest BCUT2D eigenvalue weighted by molar-refractivity contribution is 7.94. The molecule has 60 valence electrons. The molecular weight excluding hydrogens is 176 g/mol. The van der Waals surface area contributed by atoms with Crippen LogP contribution in [0.5, 0.6) is 0 Å². The van der Waals surface area contributed by atoms with Crippen LogP contribution in [0.25, 0.3) is 0 Å². The van der Waals surface area contributed by atoms with Crippen molar-refractivity contribution in [3.05, 3.63) is 34.9 Å². The van der Waals surface area contributed by atoms with E-state index in [1.807, 2.05) is 18.2 Å². The topological polar surface area (TPSA) is 0 Å². The highest BCUT2D eigenvalue weighted by Crippen LogP contribution is 2.16. The second-order valence-electron chi connectivity index (χ2n) is 2.72. The second kappa shape index (κ2) is 4.03. The first kappa shape index (κ1) is 8.95. The fourth-order valence-corrected chi connectivity index (χ4v) is 2.08. The molecule has 2 heteroatoms. The van der Waals surface area contributed by atoms with Crippen molar-refractivity contribution >= 4 is 22.5 Å². The summed E-state index contributed by atoms with van der Waals surface area (Å²) in [5.74, 6) is 1.10. The van der Waals surface area contributed by atoms with Crippen LogP contribution in [0.4, 0.5) is 0 Å². The summed E-state index contributed by atoms with van der Waals surface area (Å²) >= 11 is 5.97. The molecule has 1 aromatic rings. The maximum Gasteiger partial charge on any atom is 0.134 e. The van der Waals surface area contributed by atoms with E-state index >= 15 is 0 Å². The SMILES string of the molecule is C[S+](C)Cc1ccccc1Cl. The van der Waals surface area contributed by atoms with Crippen LogP contribution in [0.3, 0.4) is 0 Å². The van der Waals surface area contributed by atoms with Crippen molar-refractivity contribution in [1.82, 2.24) is 0 Å². The summed E-state index contributed by atoms with van der Waals surface area (Å²) in [7, 11) is 0.439. The summed E-state index contributed by atoms with van der Waals surface area (Å²) in [4.78, 5) is 0. The third-order valence-electron chi connectivity index (χ3n) is 1.40. The van der Waals surface area contributed by atoms with Crippen molar-refractivity contribution in [3.63, 3.8) is 0 Å². The van der Waals surface area contributed by atoms with Gasteiger partial charge < -0.3 is 0 Å². The predicted molar refractivity (Wildman–Crippen MR) is 54.4 cm³/mol. The molecule has 0 N–H and O–H groups in total. The molecule has 0 aliphatic heterocycles. The zero-order valence-electron chi connectivity index (χ0n) is 6.80. The molecule has 0 nitrogen and oxygen atoms in total. The van der Waals surface area contributed by atoms with Gasteiger partial charge in [0, 0.05) is 10.6 Å². The molecule has 11 heavy (non-hydrogen) atoms. The molecule has 0 spiro atoms. The molecule has 0 aliphatic rings. The van der Waals surface area contributed by atoms with Gasteiger partial charge in [-0.2, -0.15) is 0 Å². The Bertz CT molecular complexity index is 233. The molecule has 0 aromatic heterocycles. The average molecular weight is 188 g/mol. The van der Waals surface area contributed by atoms with Crippen LogP contribution in [0.2, 0.25) is 5.02 Å². The van der Waals surface area contributed by atoms with Crippen molar-refractivity contribution in [2.45, 2.75) is 5.75 Å². The van der Waals surface area contributed by atoms with E-state index in [4.69, 9.17) is 11.6 Å². The Balaban J connectivity index is 2.78. The molecule has 0 aliphatic carbocycles. The Labute approximate surface area is 75.9 Å². The van der Waals surface area contributed by atoms with Gasteiger partial charge in [-0.1, -0.05) is 29.8 Å². The summed E-state index contributed by atoms with van der Waals surface area (Å²) in [6.45, 7) is 0. The van der Waals surface area contributed by atoms with E-state index < -0.39 is 0 Å². The Morgan fingerprint density at radius 3 is 2.45 bits per heavy atom. The van der Waals surface area contributed by atoms with Gasteiger partial charge >= 0.3 is 0 Å². The van der Waals surface area contributed by atoms with Gasteiger partial charge in [0.1, 0.15) is 5.75 Å². The maximum absolute atomic E-state index is 5.97. The third-order valence-corrected chi connectivity index (χ3v) is 2.66. The lowest BCUT2D eigenvalue weighted by Gasteiger charge is -1.99. The Kier molecular flexibility index (Phi) is 3.28. The fraction of sp³-hybridized carbons (Fsp3) is 0.333. The number of rotatable bonds is 2. The van der Waals surface area contributed by atoms with Gasteiger partial charge in [0.05, 0.1) is 12.5 Å². The van der Waals surface area contributed by atoms with Gasteiger partial charge in [0.25, 0.3) is 0 Å². The van der Waals surface area contributed by atoms with E-state index in [-0.39, 0.29) is 0 Å². The summed E-state index contributed by atoms with van der Waals surface area (Å²) in [5, 5.41) is 0.897. The highest BCUT2D eigenvalue weighted by atomic mass is 35.5. The first-order valence-electron chi connectivity index (χ1n) is 3.48. The molecule has 0 bridgehead atoms. The Hall–Kier alpha value is -0.140. The zero-order valence-corrected chi connectivity index (χ0v) is 8.38. The van der Waals surface area contributed by atoms with Gasteiger partial charge in [-0.3, -0.25) is 0 Å². The van der Waals surface area contributed by atoms with Gasteiger partial charge in [-0.25, -0.2) is 0 Å². The minimum Gasteiger partial charge on any atom is -0.0839 e. The van der Waals surface area contributed by atoms with E-state index in [9.17, 15) is 0 Å². The van der Waals surface area contributed by atoms with Crippen LogP contribution in [-0.4, -0.2) is 12.5 Å². The molecular formula is C9H12ClS+. The lowest BCUT2D eigenvalue weighted by molar-refractivity contribution is 1.40. The smallest absolute Gasteiger partial charge is 0.0839 e. The van der Waals surface area contributed by atoms with Crippen molar-refractivity contribution in [2.24, 2.45) is 0 Å². The molecule has 1 rings (SSSR count). The fourth-order valence-electron chi connectivity index (χ4n) is 0.926. The van der Waals surface area contributed by atoms with E-state index in [2.05, 4.69) is 18.6 Å². The summed E-state index contributed by atoms with van der Waals surface area (Å²) < 4.78 is 0. The summed E-state index contributed by atoms with van der Waals surface area (Å²) in [5.41, 5.74) is 1.27. The third kappa shape index (κ3) is 2.76. The van der Waals surface area contributed by atoms with Crippen LogP contribution in [0.15, 0.2) is 24.3 Å². The van der Waals surface area contributed by atoms with Crippen LogP contribution < -0.4 is 0 Å². The van der Waals surface area contributed by atoms with Crippen LogP contribution in [0.1, 0.15) is 5.56 Å². The van der Waals surface area contributed by atoms with Gasteiger partial charge in [-0.15, -0.1) is 0 Å². The van der Waals surface area contributed by atoms with Crippen molar-refractivity contribution in [2.75, 3.05) is 12.5 Å². The Morgan fingerprint density at radius 1 is 1.27 bits per heavy atom. The first-order valence-corrected chi connectivity index (χ1v) is 6.06. The minimum absolute atomic E-state index is 0.439. The molecule has 0 heterocycles. The summed E-state index contributed by atoms with van der Waals surface area (Å²) in [6.07, 6.45) is 4.45. The zero-order chi connectivity index (χ0) is 8.27. The van der Waals surface area contributed by atoms with Crippen molar-refractivity contribution in [1.29, 1.82) is 0 Å². The van der Waals surface area contributed by atoms with Crippen molar-refractivity contribution in [3.8, 4) is 0 Å². The Morgan fingerprint density at radius 2 is 1.91 bits per heavy atom. The average Bonchev–Trinajstić information content (AvgIpc) is 1.93. The molecule has 1 aromatic carbocycles. The largest absolute Gasteiger partial charge is 0.134 e. The summed E-state index contributed by atoms with van der Waals surface area (Å²) in [6, 6.07) is 8.04. The molecule has 0 amide bonds. The van der Waals surface area contributed by atoms with E-state index in [1.54, 1.807) is 0 Å². The standard InChI is InChI=1S/C9H12ClS/c1-11(2)7-8-5-3-4-6-9(8)10/h3-6H,7H2,1-2H3/q+1.